The number of amides is 1. The third-order valence-corrected chi connectivity index (χ3v) is 10.2. The number of nitrogens with zero attached hydrogens (tertiary/aromatic N) is 6. The van der Waals surface area contributed by atoms with E-state index in [4.69, 9.17) is 4.74 Å². The summed E-state index contributed by atoms with van der Waals surface area (Å²) in [5.41, 5.74) is 0.819. The number of carbonyl (C=O) groups excluding carboxylic acids is 1. The van der Waals surface area contributed by atoms with Crippen LogP contribution in [0, 0.1) is 0 Å². The van der Waals surface area contributed by atoms with Gasteiger partial charge in [-0.05, 0) is 56.5 Å². The number of anilines is 2. The molecule has 212 valence electrons. The summed E-state index contributed by atoms with van der Waals surface area (Å²) in [6, 6.07) is 10.8. The number of piperazine rings is 2. The van der Waals surface area contributed by atoms with Crippen molar-refractivity contribution in [3.8, 4) is 0 Å². The Morgan fingerprint density at radius 2 is 1.49 bits per heavy atom. The molecular formula is C28H40N6O4S. The van der Waals surface area contributed by atoms with Gasteiger partial charge in [0.05, 0.1) is 22.7 Å². The van der Waals surface area contributed by atoms with Gasteiger partial charge in [-0.1, -0.05) is 12.1 Å². The maximum atomic E-state index is 12.9. The smallest absolute Gasteiger partial charge is 0.227 e. The minimum absolute atomic E-state index is 0.0502. The fourth-order valence-corrected chi connectivity index (χ4v) is 6.49. The number of ether oxygens (including phenoxy) is 1. The number of hydrogen-bond acceptors (Lipinski definition) is 9. The Hall–Kier alpha value is -2.76. The number of benzene rings is 1. The minimum Gasteiger partial charge on any atom is -0.377 e. The van der Waals surface area contributed by atoms with Crippen molar-refractivity contribution >= 4 is 27.4 Å². The second-order valence-electron chi connectivity index (χ2n) is 11.0. The number of rotatable bonds is 8. The first-order valence-electron chi connectivity index (χ1n) is 14.1. The van der Waals surface area contributed by atoms with Crippen LogP contribution in [-0.4, -0.2) is 111 Å². The van der Waals surface area contributed by atoms with E-state index in [9.17, 15) is 13.2 Å². The molecule has 5 rings (SSSR count). The summed E-state index contributed by atoms with van der Waals surface area (Å²) in [6.07, 6.45) is 3.02. The fourth-order valence-electron chi connectivity index (χ4n) is 5.43. The second-order valence-corrected chi connectivity index (χ2v) is 13.5. The Labute approximate surface area is 231 Å². The first-order chi connectivity index (χ1) is 18.8. The summed E-state index contributed by atoms with van der Waals surface area (Å²) in [7, 11) is -3.31. The Bertz CT molecular complexity index is 1200. The Morgan fingerprint density at radius 1 is 0.897 bits per heavy atom. The lowest BCUT2D eigenvalue weighted by atomic mass is 10.1. The van der Waals surface area contributed by atoms with Crippen molar-refractivity contribution in [2.45, 2.75) is 49.4 Å². The Morgan fingerprint density at radius 3 is 2.00 bits per heavy atom. The number of sulfone groups is 1. The van der Waals surface area contributed by atoms with Gasteiger partial charge in [0.1, 0.15) is 0 Å². The van der Waals surface area contributed by atoms with Gasteiger partial charge in [0.25, 0.3) is 0 Å². The largest absolute Gasteiger partial charge is 0.377 e. The summed E-state index contributed by atoms with van der Waals surface area (Å²) in [6.45, 7) is 11.8. The van der Waals surface area contributed by atoms with E-state index < -0.39 is 15.1 Å². The summed E-state index contributed by atoms with van der Waals surface area (Å²) < 4.78 is 30.4. The third kappa shape index (κ3) is 6.70. The van der Waals surface area contributed by atoms with E-state index in [0.717, 1.165) is 56.5 Å². The summed E-state index contributed by atoms with van der Waals surface area (Å²) in [5.74, 6) is 1.80. The summed E-state index contributed by atoms with van der Waals surface area (Å²) >= 11 is 0. The van der Waals surface area contributed by atoms with Gasteiger partial charge >= 0.3 is 0 Å². The van der Waals surface area contributed by atoms with Gasteiger partial charge in [-0.15, -0.1) is 10.2 Å². The minimum atomic E-state index is -3.31. The standard InChI is InChI=1S/C28H40N6O4S/c1-22(2)39(36,37)25-7-5-23(6-8-25)20-28(35)34-17-15-33(16-18-34)27-10-9-26(29-30-27)32-13-11-31(12-14-32)21-24-4-3-19-38-24/h5-10,22,24H,3-4,11-21H2,1-2H3. The van der Waals surface area contributed by atoms with Crippen LogP contribution in [0.2, 0.25) is 0 Å². The van der Waals surface area contributed by atoms with Crippen LogP contribution in [0.4, 0.5) is 11.6 Å². The van der Waals surface area contributed by atoms with Gasteiger partial charge in [0, 0.05) is 65.5 Å². The zero-order valence-electron chi connectivity index (χ0n) is 23.0. The summed E-state index contributed by atoms with van der Waals surface area (Å²) in [4.78, 5) is 22.0. The molecule has 3 aliphatic rings. The van der Waals surface area contributed by atoms with E-state index in [1.807, 2.05) is 11.0 Å². The lowest BCUT2D eigenvalue weighted by Gasteiger charge is -2.37. The molecule has 0 spiro atoms. The number of carbonyl (C=O) groups is 1. The second kappa shape index (κ2) is 12.2. The molecule has 1 aromatic heterocycles. The monoisotopic (exact) mass is 556 g/mol. The number of hydrogen-bond donors (Lipinski definition) is 0. The molecule has 0 N–H and O–H groups in total. The SMILES string of the molecule is CC(C)S(=O)(=O)c1ccc(CC(=O)N2CCN(c3ccc(N4CCN(CC5CCCO5)CC4)nn3)CC2)cc1. The van der Waals surface area contributed by atoms with E-state index >= 15 is 0 Å². The van der Waals surface area contributed by atoms with E-state index in [-0.39, 0.29) is 12.3 Å². The Kier molecular flexibility index (Phi) is 8.68. The van der Waals surface area contributed by atoms with Gasteiger partial charge in [-0.2, -0.15) is 0 Å². The average molecular weight is 557 g/mol. The molecule has 3 saturated heterocycles. The quantitative estimate of drug-likeness (QED) is 0.482. The van der Waals surface area contributed by atoms with Gasteiger partial charge in [-0.3, -0.25) is 9.69 Å². The highest BCUT2D eigenvalue weighted by atomic mass is 32.2. The van der Waals surface area contributed by atoms with Crippen molar-refractivity contribution < 1.29 is 17.9 Å². The van der Waals surface area contributed by atoms with E-state index in [1.54, 1.807) is 38.1 Å². The van der Waals surface area contributed by atoms with Crippen LogP contribution in [0.3, 0.4) is 0 Å². The molecule has 2 aromatic rings. The molecule has 1 unspecified atom stereocenters. The fraction of sp³-hybridized carbons (Fsp3) is 0.607. The van der Waals surface area contributed by atoms with E-state index in [1.165, 1.54) is 12.8 Å². The molecular weight excluding hydrogens is 516 g/mol. The molecule has 0 radical (unpaired) electrons. The van der Waals surface area contributed by atoms with Crippen LogP contribution >= 0.6 is 0 Å². The lowest BCUT2D eigenvalue weighted by Crippen LogP contribution is -2.49. The van der Waals surface area contributed by atoms with Gasteiger partial charge in [0.2, 0.25) is 5.91 Å². The van der Waals surface area contributed by atoms with Crippen molar-refractivity contribution in [3.05, 3.63) is 42.0 Å². The molecule has 3 aliphatic heterocycles. The van der Waals surface area contributed by atoms with Gasteiger partial charge < -0.3 is 19.4 Å². The van der Waals surface area contributed by atoms with Crippen LogP contribution in [-0.2, 0) is 25.8 Å². The number of aromatic nitrogens is 2. The molecule has 1 atom stereocenters. The highest BCUT2D eigenvalue weighted by Gasteiger charge is 2.25. The molecule has 0 aliphatic carbocycles. The molecule has 3 fully saturated rings. The Balaban J connectivity index is 1.07. The van der Waals surface area contributed by atoms with Gasteiger partial charge in [0.15, 0.2) is 21.5 Å². The predicted octanol–water partition coefficient (Wildman–Crippen LogP) is 1.85. The van der Waals surface area contributed by atoms with E-state index in [0.29, 0.717) is 37.2 Å². The molecule has 1 amide bonds. The predicted molar refractivity (Wildman–Crippen MR) is 151 cm³/mol. The highest BCUT2D eigenvalue weighted by Crippen LogP contribution is 2.21. The van der Waals surface area contributed by atoms with Gasteiger partial charge in [-0.25, -0.2) is 8.42 Å². The molecule has 10 nitrogen and oxygen atoms in total. The van der Waals surface area contributed by atoms with Crippen molar-refractivity contribution in [1.82, 2.24) is 20.0 Å². The zero-order valence-corrected chi connectivity index (χ0v) is 23.9. The van der Waals surface area contributed by atoms with Crippen LogP contribution in [0.1, 0.15) is 32.3 Å². The zero-order chi connectivity index (χ0) is 27.4. The van der Waals surface area contributed by atoms with E-state index in [2.05, 4.69) is 31.0 Å². The molecule has 39 heavy (non-hydrogen) atoms. The summed E-state index contributed by atoms with van der Waals surface area (Å²) in [5, 5.41) is 8.55. The van der Waals surface area contributed by atoms with Crippen LogP contribution in [0.15, 0.2) is 41.3 Å². The first kappa shape index (κ1) is 27.8. The topological polar surface area (TPSA) is 99.2 Å². The van der Waals surface area contributed by atoms with Crippen LogP contribution < -0.4 is 9.80 Å². The molecule has 1 aromatic carbocycles. The van der Waals surface area contributed by atoms with Crippen molar-refractivity contribution in [2.75, 3.05) is 75.3 Å². The van der Waals surface area contributed by atoms with Crippen molar-refractivity contribution in [2.24, 2.45) is 0 Å². The van der Waals surface area contributed by atoms with Crippen LogP contribution in [0.25, 0.3) is 0 Å². The van der Waals surface area contributed by atoms with Crippen molar-refractivity contribution in [1.29, 1.82) is 0 Å². The maximum absolute atomic E-state index is 12.9. The highest BCUT2D eigenvalue weighted by molar-refractivity contribution is 7.92. The van der Waals surface area contributed by atoms with Crippen LogP contribution in [0.5, 0.6) is 0 Å². The van der Waals surface area contributed by atoms with Crippen molar-refractivity contribution in [3.63, 3.8) is 0 Å². The molecule has 4 heterocycles. The average Bonchev–Trinajstić information content (AvgIpc) is 3.47. The lowest BCUT2D eigenvalue weighted by molar-refractivity contribution is -0.130. The molecule has 11 heteroatoms. The molecule has 0 bridgehead atoms. The third-order valence-electron chi connectivity index (χ3n) is 8.00. The normalized spacial score (nSPS) is 21.1. The molecule has 0 saturated carbocycles. The first-order valence-corrected chi connectivity index (χ1v) is 15.6. The maximum Gasteiger partial charge on any atom is 0.227 e.